The lowest BCUT2D eigenvalue weighted by molar-refractivity contribution is -0.133. The molecule has 1 N–H and O–H groups in total. The molecule has 2 atom stereocenters. The van der Waals surface area contributed by atoms with Crippen molar-refractivity contribution in [3.63, 3.8) is 0 Å². The molecule has 0 aromatic heterocycles. The molecule has 2 saturated heterocycles. The molecule has 0 aromatic carbocycles. The summed E-state index contributed by atoms with van der Waals surface area (Å²) in [7, 11) is 0. The predicted octanol–water partition coefficient (Wildman–Crippen LogP) is 1.83. The maximum absolute atomic E-state index is 12.6. The van der Waals surface area contributed by atoms with E-state index in [1.165, 1.54) is 30.8 Å². The summed E-state index contributed by atoms with van der Waals surface area (Å²) < 4.78 is 0. The Labute approximate surface area is 108 Å². The van der Waals surface area contributed by atoms with Crippen LogP contribution in [0.25, 0.3) is 0 Å². The molecule has 4 heteroatoms. The third kappa shape index (κ3) is 1.99. The molecule has 1 amide bonds. The Bertz CT molecular complexity index is 309. The molecule has 1 spiro atoms. The first-order chi connectivity index (χ1) is 8.21. The van der Waals surface area contributed by atoms with Gasteiger partial charge in [0, 0.05) is 6.54 Å². The second-order valence-corrected chi connectivity index (χ2v) is 6.95. The lowest BCUT2D eigenvalue weighted by atomic mass is 9.97. The van der Waals surface area contributed by atoms with Gasteiger partial charge in [0.2, 0.25) is 5.91 Å². The number of carbonyl (C=O) groups excluding carboxylic acids is 1. The minimum absolute atomic E-state index is 0.175. The SMILES string of the molecule is CC1NC2(CCCC2)C(=O)N1CC1CCSC1. The van der Waals surface area contributed by atoms with Crippen molar-refractivity contribution >= 4 is 17.7 Å². The van der Waals surface area contributed by atoms with E-state index in [2.05, 4.69) is 17.1 Å². The van der Waals surface area contributed by atoms with Crippen molar-refractivity contribution in [2.75, 3.05) is 18.1 Å². The van der Waals surface area contributed by atoms with Crippen molar-refractivity contribution < 1.29 is 4.79 Å². The number of amides is 1. The summed E-state index contributed by atoms with van der Waals surface area (Å²) in [5, 5.41) is 3.57. The number of carbonyl (C=O) groups is 1. The molecular formula is C13H22N2OS. The highest BCUT2D eigenvalue weighted by Gasteiger charge is 2.51. The molecule has 3 nitrogen and oxygen atoms in total. The smallest absolute Gasteiger partial charge is 0.244 e. The van der Waals surface area contributed by atoms with Crippen LogP contribution in [0.4, 0.5) is 0 Å². The van der Waals surface area contributed by atoms with Crippen LogP contribution in [0.2, 0.25) is 0 Å². The molecule has 96 valence electrons. The lowest BCUT2D eigenvalue weighted by Crippen LogP contribution is -2.44. The van der Waals surface area contributed by atoms with Gasteiger partial charge in [-0.2, -0.15) is 11.8 Å². The molecule has 1 saturated carbocycles. The molecular weight excluding hydrogens is 232 g/mol. The number of hydrogen-bond acceptors (Lipinski definition) is 3. The van der Waals surface area contributed by atoms with Crippen molar-refractivity contribution in [2.24, 2.45) is 5.92 Å². The molecule has 0 bridgehead atoms. The lowest BCUT2D eigenvalue weighted by Gasteiger charge is -2.24. The monoisotopic (exact) mass is 254 g/mol. The molecule has 0 aromatic rings. The zero-order chi connectivity index (χ0) is 11.9. The van der Waals surface area contributed by atoms with E-state index in [1.54, 1.807) is 0 Å². The van der Waals surface area contributed by atoms with E-state index < -0.39 is 0 Å². The van der Waals surface area contributed by atoms with E-state index in [0.29, 0.717) is 5.91 Å². The summed E-state index contributed by atoms with van der Waals surface area (Å²) >= 11 is 2.03. The second-order valence-electron chi connectivity index (χ2n) is 5.80. The largest absolute Gasteiger partial charge is 0.326 e. The van der Waals surface area contributed by atoms with Crippen LogP contribution in [-0.2, 0) is 4.79 Å². The summed E-state index contributed by atoms with van der Waals surface area (Å²) in [5.74, 6) is 3.63. The Morgan fingerprint density at radius 2 is 2.24 bits per heavy atom. The van der Waals surface area contributed by atoms with Gasteiger partial charge < -0.3 is 4.90 Å². The van der Waals surface area contributed by atoms with Gasteiger partial charge in [-0.15, -0.1) is 0 Å². The first kappa shape index (κ1) is 11.8. The average molecular weight is 254 g/mol. The van der Waals surface area contributed by atoms with Crippen LogP contribution in [0.1, 0.15) is 39.0 Å². The van der Waals surface area contributed by atoms with Crippen molar-refractivity contribution in [1.82, 2.24) is 10.2 Å². The van der Waals surface area contributed by atoms with E-state index in [1.807, 2.05) is 11.8 Å². The van der Waals surface area contributed by atoms with Crippen LogP contribution < -0.4 is 5.32 Å². The Balaban J connectivity index is 1.70. The van der Waals surface area contributed by atoms with Gasteiger partial charge in [0.15, 0.2) is 0 Å². The quantitative estimate of drug-likeness (QED) is 0.816. The molecule has 3 aliphatic rings. The van der Waals surface area contributed by atoms with Gasteiger partial charge in [-0.05, 0) is 43.6 Å². The van der Waals surface area contributed by atoms with E-state index in [-0.39, 0.29) is 11.7 Å². The average Bonchev–Trinajstić information content (AvgIpc) is 2.99. The molecule has 1 aliphatic carbocycles. The van der Waals surface area contributed by atoms with E-state index in [9.17, 15) is 4.79 Å². The van der Waals surface area contributed by atoms with Crippen LogP contribution in [0.15, 0.2) is 0 Å². The number of rotatable bonds is 2. The van der Waals surface area contributed by atoms with Gasteiger partial charge >= 0.3 is 0 Å². The highest BCUT2D eigenvalue weighted by atomic mass is 32.2. The van der Waals surface area contributed by atoms with Gasteiger partial charge in [0.1, 0.15) is 0 Å². The molecule has 17 heavy (non-hydrogen) atoms. The fourth-order valence-electron chi connectivity index (χ4n) is 3.57. The number of thioether (sulfide) groups is 1. The fraction of sp³-hybridized carbons (Fsp3) is 0.923. The van der Waals surface area contributed by atoms with Gasteiger partial charge in [-0.1, -0.05) is 12.8 Å². The Kier molecular flexibility index (Phi) is 3.11. The van der Waals surface area contributed by atoms with Crippen molar-refractivity contribution in [3.8, 4) is 0 Å². The molecule has 3 fully saturated rings. The number of nitrogens with one attached hydrogen (secondary N) is 1. The summed E-state index contributed by atoms with van der Waals surface area (Å²) in [5.41, 5.74) is -0.175. The maximum atomic E-state index is 12.6. The fourth-order valence-corrected chi connectivity index (χ4v) is 4.85. The summed E-state index contributed by atoms with van der Waals surface area (Å²) in [6.07, 6.45) is 6.04. The van der Waals surface area contributed by atoms with Gasteiger partial charge in [0.25, 0.3) is 0 Å². The van der Waals surface area contributed by atoms with Crippen molar-refractivity contribution in [1.29, 1.82) is 0 Å². The second kappa shape index (κ2) is 4.47. The number of hydrogen-bond donors (Lipinski definition) is 1. The summed E-state index contributed by atoms with van der Waals surface area (Å²) in [6, 6.07) is 0. The van der Waals surface area contributed by atoms with Crippen molar-refractivity contribution in [3.05, 3.63) is 0 Å². The standard InChI is InChI=1S/C13H22N2OS/c1-10-14-13(5-2-3-6-13)12(16)15(10)8-11-4-7-17-9-11/h10-11,14H,2-9H2,1H3. The Morgan fingerprint density at radius 1 is 1.47 bits per heavy atom. The zero-order valence-corrected chi connectivity index (χ0v) is 11.4. The minimum atomic E-state index is -0.175. The first-order valence-corrected chi connectivity index (χ1v) is 8.03. The molecule has 0 radical (unpaired) electrons. The third-order valence-corrected chi connectivity index (χ3v) is 5.79. The molecule has 2 aliphatic heterocycles. The van der Waals surface area contributed by atoms with Crippen LogP contribution >= 0.6 is 11.8 Å². The van der Waals surface area contributed by atoms with E-state index in [4.69, 9.17) is 0 Å². The van der Waals surface area contributed by atoms with E-state index in [0.717, 1.165) is 25.3 Å². The predicted molar refractivity (Wildman–Crippen MR) is 70.9 cm³/mol. The van der Waals surface area contributed by atoms with Crippen LogP contribution in [0.3, 0.4) is 0 Å². The van der Waals surface area contributed by atoms with Crippen LogP contribution in [0, 0.1) is 5.92 Å². The van der Waals surface area contributed by atoms with Crippen molar-refractivity contribution in [2.45, 2.75) is 50.7 Å². The zero-order valence-electron chi connectivity index (χ0n) is 10.6. The molecule has 2 unspecified atom stereocenters. The first-order valence-electron chi connectivity index (χ1n) is 6.88. The molecule has 3 rings (SSSR count). The highest BCUT2D eigenvalue weighted by molar-refractivity contribution is 7.99. The molecule has 2 heterocycles. The number of nitrogens with zero attached hydrogens (tertiary/aromatic N) is 1. The van der Waals surface area contributed by atoms with Crippen LogP contribution in [-0.4, -0.2) is 40.6 Å². The Hall–Kier alpha value is -0.220. The summed E-state index contributed by atoms with van der Waals surface area (Å²) in [4.78, 5) is 14.7. The highest BCUT2D eigenvalue weighted by Crippen LogP contribution is 2.37. The van der Waals surface area contributed by atoms with Gasteiger partial charge in [-0.25, -0.2) is 0 Å². The summed E-state index contributed by atoms with van der Waals surface area (Å²) in [6.45, 7) is 3.12. The van der Waals surface area contributed by atoms with Gasteiger partial charge in [0.05, 0.1) is 11.7 Å². The third-order valence-electron chi connectivity index (χ3n) is 4.56. The Morgan fingerprint density at radius 3 is 2.88 bits per heavy atom. The van der Waals surface area contributed by atoms with Crippen LogP contribution in [0.5, 0.6) is 0 Å². The topological polar surface area (TPSA) is 32.3 Å². The minimum Gasteiger partial charge on any atom is -0.326 e. The normalized spacial score (nSPS) is 36.3. The van der Waals surface area contributed by atoms with E-state index >= 15 is 0 Å². The maximum Gasteiger partial charge on any atom is 0.244 e. The van der Waals surface area contributed by atoms with Gasteiger partial charge in [-0.3, -0.25) is 10.1 Å².